The highest BCUT2D eigenvalue weighted by molar-refractivity contribution is 7.99. The van der Waals surface area contributed by atoms with E-state index in [2.05, 4.69) is 15.3 Å². The number of anilines is 1. The molecule has 6 heteroatoms. The summed E-state index contributed by atoms with van der Waals surface area (Å²) in [6, 6.07) is 10.9. The van der Waals surface area contributed by atoms with Gasteiger partial charge in [0.05, 0.1) is 11.8 Å². The Kier molecular flexibility index (Phi) is 4.48. The third kappa shape index (κ3) is 3.79. The number of carbonyl (C=O) groups excluding carboxylic acids is 1. The lowest BCUT2D eigenvalue weighted by atomic mass is 10.3. The van der Waals surface area contributed by atoms with Crippen LogP contribution in [-0.2, 0) is 4.79 Å². The number of rotatable bonds is 4. The van der Waals surface area contributed by atoms with E-state index in [1.807, 2.05) is 24.3 Å². The fraction of sp³-hybridized carbons (Fsp3) is 0.0769. The van der Waals surface area contributed by atoms with Crippen LogP contribution in [0.5, 0.6) is 0 Å². The summed E-state index contributed by atoms with van der Waals surface area (Å²) in [6.07, 6.45) is 3.15. The molecule has 0 atom stereocenters. The van der Waals surface area contributed by atoms with Crippen LogP contribution < -0.4 is 5.32 Å². The monoisotopic (exact) mass is 270 g/mol. The number of hydrogen-bond donors (Lipinski definition) is 1. The Morgan fingerprint density at radius 1 is 1.26 bits per heavy atom. The average molecular weight is 270 g/mol. The standard InChI is InChI=1S/C13H10N4OS/c14-7-6-12(18)17-10-4-1-2-5-11(10)19-13-15-8-3-9-16-13/h1-5,8-9H,6H2,(H,17,18). The van der Waals surface area contributed by atoms with Crippen LogP contribution in [0.15, 0.2) is 52.8 Å². The molecule has 2 rings (SSSR count). The molecule has 0 saturated carbocycles. The van der Waals surface area contributed by atoms with Gasteiger partial charge in [0.25, 0.3) is 0 Å². The van der Waals surface area contributed by atoms with Crippen molar-refractivity contribution in [3.05, 3.63) is 42.7 Å². The van der Waals surface area contributed by atoms with Crippen molar-refractivity contribution >= 4 is 23.4 Å². The molecular weight excluding hydrogens is 260 g/mol. The van der Waals surface area contributed by atoms with E-state index in [1.54, 1.807) is 24.5 Å². The summed E-state index contributed by atoms with van der Waals surface area (Å²) >= 11 is 1.35. The van der Waals surface area contributed by atoms with Gasteiger partial charge in [-0.2, -0.15) is 5.26 Å². The maximum atomic E-state index is 11.4. The van der Waals surface area contributed by atoms with Gasteiger partial charge < -0.3 is 5.32 Å². The molecule has 1 amide bonds. The number of nitriles is 1. The Morgan fingerprint density at radius 3 is 2.74 bits per heavy atom. The van der Waals surface area contributed by atoms with Crippen LogP contribution >= 0.6 is 11.8 Å². The minimum absolute atomic E-state index is 0.166. The van der Waals surface area contributed by atoms with E-state index >= 15 is 0 Å². The highest BCUT2D eigenvalue weighted by Crippen LogP contribution is 2.30. The van der Waals surface area contributed by atoms with Crippen molar-refractivity contribution in [3.63, 3.8) is 0 Å². The van der Waals surface area contributed by atoms with Gasteiger partial charge in [0.15, 0.2) is 5.16 Å². The molecule has 1 aromatic heterocycles. The van der Waals surface area contributed by atoms with E-state index in [0.717, 1.165) is 4.90 Å². The molecule has 0 aliphatic heterocycles. The van der Waals surface area contributed by atoms with Gasteiger partial charge in [0, 0.05) is 17.3 Å². The van der Waals surface area contributed by atoms with Crippen molar-refractivity contribution in [3.8, 4) is 6.07 Å². The summed E-state index contributed by atoms with van der Waals surface area (Å²) in [7, 11) is 0. The maximum absolute atomic E-state index is 11.4. The lowest BCUT2D eigenvalue weighted by Gasteiger charge is -2.08. The summed E-state index contributed by atoms with van der Waals surface area (Å²) in [5.41, 5.74) is 0.653. The Hall–Kier alpha value is -2.39. The minimum Gasteiger partial charge on any atom is -0.324 e. The van der Waals surface area contributed by atoms with Gasteiger partial charge in [0.2, 0.25) is 5.91 Å². The van der Waals surface area contributed by atoms with Crippen molar-refractivity contribution in [2.75, 3.05) is 5.32 Å². The summed E-state index contributed by atoms with van der Waals surface area (Å²) in [6.45, 7) is 0. The van der Waals surface area contributed by atoms with Gasteiger partial charge in [-0.25, -0.2) is 9.97 Å². The zero-order valence-corrected chi connectivity index (χ0v) is 10.7. The smallest absolute Gasteiger partial charge is 0.238 e. The summed E-state index contributed by atoms with van der Waals surface area (Å²) in [4.78, 5) is 20.5. The first kappa shape index (κ1) is 13.1. The minimum atomic E-state index is -0.329. The Morgan fingerprint density at radius 2 is 2.00 bits per heavy atom. The van der Waals surface area contributed by atoms with Gasteiger partial charge in [0.1, 0.15) is 6.42 Å². The molecule has 0 aliphatic carbocycles. The van der Waals surface area contributed by atoms with Crippen LogP contribution in [0.1, 0.15) is 6.42 Å². The van der Waals surface area contributed by atoms with Gasteiger partial charge >= 0.3 is 0 Å². The van der Waals surface area contributed by atoms with Gasteiger partial charge in [-0.3, -0.25) is 4.79 Å². The van der Waals surface area contributed by atoms with Gasteiger partial charge in [-0.1, -0.05) is 12.1 Å². The number of hydrogen-bond acceptors (Lipinski definition) is 5. The van der Waals surface area contributed by atoms with E-state index in [1.165, 1.54) is 11.8 Å². The van der Waals surface area contributed by atoms with E-state index in [4.69, 9.17) is 5.26 Å². The predicted octanol–water partition coefficient (Wildman–Crippen LogP) is 2.48. The fourth-order valence-corrected chi connectivity index (χ4v) is 2.16. The van der Waals surface area contributed by atoms with Crippen molar-refractivity contribution < 1.29 is 4.79 Å². The van der Waals surface area contributed by atoms with Crippen LogP contribution in [0.25, 0.3) is 0 Å². The number of nitrogens with one attached hydrogen (secondary N) is 1. The summed E-state index contributed by atoms with van der Waals surface area (Å²) in [5.74, 6) is -0.329. The van der Waals surface area contributed by atoms with Crippen LogP contribution in [0, 0.1) is 11.3 Å². The normalized spacial score (nSPS) is 9.63. The first-order chi connectivity index (χ1) is 9.29. The Balaban J connectivity index is 2.17. The van der Waals surface area contributed by atoms with Crippen molar-refractivity contribution in [2.24, 2.45) is 0 Å². The number of aromatic nitrogens is 2. The second kappa shape index (κ2) is 6.52. The number of amides is 1. The van der Waals surface area contributed by atoms with Gasteiger partial charge in [-0.15, -0.1) is 0 Å². The first-order valence-electron chi connectivity index (χ1n) is 5.50. The van der Waals surface area contributed by atoms with Crippen LogP contribution in [0.4, 0.5) is 5.69 Å². The molecule has 1 heterocycles. The van der Waals surface area contributed by atoms with Crippen LogP contribution in [0.2, 0.25) is 0 Å². The van der Waals surface area contributed by atoms with E-state index in [-0.39, 0.29) is 12.3 Å². The van der Waals surface area contributed by atoms with Crippen molar-refractivity contribution in [1.29, 1.82) is 5.26 Å². The second-order valence-electron chi connectivity index (χ2n) is 3.51. The fourth-order valence-electron chi connectivity index (χ4n) is 1.36. The molecule has 0 saturated heterocycles. The molecule has 0 bridgehead atoms. The molecule has 2 aromatic rings. The molecule has 19 heavy (non-hydrogen) atoms. The quantitative estimate of drug-likeness (QED) is 0.863. The molecule has 0 aliphatic rings. The molecule has 0 spiro atoms. The Labute approximate surface area is 114 Å². The zero-order valence-electron chi connectivity index (χ0n) is 9.91. The number of benzene rings is 1. The molecule has 1 N–H and O–H groups in total. The molecule has 0 radical (unpaired) electrons. The molecule has 0 unspecified atom stereocenters. The van der Waals surface area contributed by atoms with E-state index in [9.17, 15) is 4.79 Å². The summed E-state index contributed by atoms with van der Waals surface area (Å²) < 4.78 is 0. The highest BCUT2D eigenvalue weighted by atomic mass is 32.2. The maximum Gasteiger partial charge on any atom is 0.238 e. The Bertz CT molecular complexity index is 610. The molecule has 0 fully saturated rings. The zero-order chi connectivity index (χ0) is 13.5. The highest BCUT2D eigenvalue weighted by Gasteiger charge is 2.08. The average Bonchev–Trinajstić information content (AvgIpc) is 2.42. The predicted molar refractivity (Wildman–Crippen MR) is 71.5 cm³/mol. The van der Waals surface area contributed by atoms with Crippen LogP contribution in [-0.4, -0.2) is 15.9 Å². The van der Waals surface area contributed by atoms with Crippen molar-refractivity contribution in [1.82, 2.24) is 9.97 Å². The molecule has 1 aromatic carbocycles. The molecule has 5 nitrogen and oxygen atoms in total. The van der Waals surface area contributed by atoms with E-state index in [0.29, 0.717) is 10.8 Å². The van der Waals surface area contributed by atoms with E-state index < -0.39 is 0 Å². The molecule has 94 valence electrons. The SMILES string of the molecule is N#CCC(=O)Nc1ccccc1Sc1ncccn1. The third-order valence-corrected chi connectivity index (χ3v) is 3.11. The second-order valence-corrected chi connectivity index (χ2v) is 4.52. The number of nitrogens with zero attached hydrogens (tertiary/aromatic N) is 3. The number of para-hydroxylation sites is 1. The third-order valence-electron chi connectivity index (χ3n) is 2.14. The lowest BCUT2D eigenvalue weighted by molar-refractivity contribution is -0.115. The van der Waals surface area contributed by atoms with Crippen LogP contribution in [0.3, 0.4) is 0 Å². The first-order valence-corrected chi connectivity index (χ1v) is 6.32. The molecular formula is C13H10N4OS. The van der Waals surface area contributed by atoms with Crippen molar-refractivity contribution in [2.45, 2.75) is 16.5 Å². The lowest BCUT2D eigenvalue weighted by Crippen LogP contribution is -2.10. The van der Waals surface area contributed by atoms with Gasteiger partial charge in [-0.05, 0) is 30.0 Å². The largest absolute Gasteiger partial charge is 0.324 e. The summed E-state index contributed by atoms with van der Waals surface area (Å²) in [5, 5.41) is 11.8. The topological polar surface area (TPSA) is 78.7 Å². The number of carbonyl (C=O) groups is 1.